The summed E-state index contributed by atoms with van der Waals surface area (Å²) < 4.78 is 22.3. The van der Waals surface area contributed by atoms with Crippen molar-refractivity contribution >= 4 is 21.6 Å². The molecule has 0 radical (unpaired) electrons. The van der Waals surface area contributed by atoms with Gasteiger partial charge in [0, 0.05) is 5.56 Å². The first-order valence-corrected chi connectivity index (χ1v) is 5.73. The van der Waals surface area contributed by atoms with Gasteiger partial charge in [0.15, 0.2) is 5.25 Å². The standard InChI is InChI=1S/C9H7NO4S/c10-15(13,14)9-6-4-2-1-3-5(6)7(11)8(9)12/h1-4,9H,(H2,10,13,14). The van der Waals surface area contributed by atoms with Gasteiger partial charge in [0.2, 0.25) is 21.6 Å². The van der Waals surface area contributed by atoms with E-state index in [0.29, 0.717) is 0 Å². The predicted octanol–water partition coefficient (Wildman–Crippen LogP) is -0.218. The summed E-state index contributed by atoms with van der Waals surface area (Å²) in [6.45, 7) is 0. The molecule has 0 saturated heterocycles. The molecule has 15 heavy (non-hydrogen) atoms. The van der Waals surface area contributed by atoms with Gasteiger partial charge in [0.05, 0.1) is 0 Å². The summed E-state index contributed by atoms with van der Waals surface area (Å²) in [5.74, 6) is -1.76. The Morgan fingerprint density at radius 2 is 1.73 bits per heavy atom. The second kappa shape index (κ2) is 2.98. The number of Topliss-reactive ketones (excluding diaryl/α,β-unsaturated/α-hetero) is 2. The topological polar surface area (TPSA) is 94.3 Å². The van der Waals surface area contributed by atoms with Gasteiger partial charge in [-0.3, -0.25) is 9.59 Å². The number of hydrogen-bond donors (Lipinski definition) is 1. The molecule has 2 rings (SSSR count). The Morgan fingerprint density at radius 1 is 1.13 bits per heavy atom. The van der Waals surface area contributed by atoms with Crippen LogP contribution in [-0.4, -0.2) is 20.0 Å². The maximum absolute atomic E-state index is 11.4. The van der Waals surface area contributed by atoms with E-state index in [1.54, 1.807) is 12.1 Å². The molecule has 0 aliphatic heterocycles. The van der Waals surface area contributed by atoms with Crippen LogP contribution in [0.25, 0.3) is 0 Å². The van der Waals surface area contributed by atoms with Crippen molar-refractivity contribution in [1.29, 1.82) is 0 Å². The Labute approximate surface area is 85.9 Å². The molecule has 0 spiro atoms. The van der Waals surface area contributed by atoms with Gasteiger partial charge in [-0.2, -0.15) is 0 Å². The molecule has 0 fully saturated rings. The summed E-state index contributed by atoms with van der Waals surface area (Å²) in [5.41, 5.74) is 0.302. The molecular formula is C9H7NO4S. The predicted molar refractivity (Wildman–Crippen MR) is 51.6 cm³/mol. The normalized spacial score (nSPS) is 20.5. The molecule has 1 aromatic rings. The highest BCUT2D eigenvalue weighted by molar-refractivity contribution is 7.90. The van der Waals surface area contributed by atoms with Crippen molar-refractivity contribution in [2.45, 2.75) is 5.25 Å². The lowest BCUT2D eigenvalue weighted by Crippen LogP contribution is -2.26. The molecule has 0 aromatic heterocycles. The van der Waals surface area contributed by atoms with Crippen LogP contribution in [0.2, 0.25) is 0 Å². The van der Waals surface area contributed by atoms with Gasteiger partial charge >= 0.3 is 0 Å². The summed E-state index contributed by atoms with van der Waals surface area (Å²) >= 11 is 0. The second-order valence-corrected chi connectivity index (χ2v) is 4.90. The number of hydrogen-bond acceptors (Lipinski definition) is 4. The van der Waals surface area contributed by atoms with Crippen LogP contribution in [0, 0.1) is 0 Å². The average molecular weight is 225 g/mol. The zero-order chi connectivity index (χ0) is 11.2. The third-order valence-electron chi connectivity index (χ3n) is 2.28. The van der Waals surface area contributed by atoms with E-state index in [1.807, 2.05) is 0 Å². The minimum absolute atomic E-state index is 0.126. The van der Waals surface area contributed by atoms with E-state index in [-0.39, 0.29) is 11.1 Å². The summed E-state index contributed by atoms with van der Waals surface area (Å²) in [5, 5.41) is 3.38. The number of ketones is 2. The van der Waals surface area contributed by atoms with Crippen LogP contribution in [0.1, 0.15) is 21.2 Å². The van der Waals surface area contributed by atoms with Crippen molar-refractivity contribution in [2.24, 2.45) is 5.14 Å². The number of benzene rings is 1. The molecule has 5 nitrogen and oxygen atoms in total. The molecule has 0 amide bonds. The number of rotatable bonds is 1. The van der Waals surface area contributed by atoms with E-state index in [0.717, 1.165) is 0 Å². The lowest BCUT2D eigenvalue weighted by Gasteiger charge is -2.05. The van der Waals surface area contributed by atoms with Gasteiger partial charge in [-0.25, -0.2) is 13.6 Å². The van der Waals surface area contributed by atoms with Crippen molar-refractivity contribution in [3.63, 3.8) is 0 Å². The number of sulfonamides is 1. The van der Waals surface area contributed by atoms with Gasteiger partial charge in [-0.1, -0.05) is 24.3 Å². The number of carbonyl (C=O) groups is 2. The molecule has 0 saturated carbocycles. The monoisotopic (exact) mass is 225 g/mol. The van der Waals surface area contributed by atoms with E-state index in [4.69, 9.17) is 5.14 Å². The highest BCUT2D eigenvalue weighted by Crippen LogP contribution is 2.32. The van der Waals surface area contributed by atoms with Crippen molar-refractivity contribution in [2.75, 3.05) is 0 Å². The van der Waals surface area contributed by atoms with Gasteiger partial charge in [-0.05, 0) is 5.56 Å². The summed E-state index contributed by atoms with van der Waals surface area (Å²) in [6.07, 6.45) is 0. The average Bonchev–Trinajstić information content (AvgIpc) is 2.39. The molecule has 1 aliphatic carbocycles. The molecule has 0 heterocycles. The van der Waals surface area contributed by atoms with Crippen molar-refractivity contribution < 1.29 is 18.0 Å². The molecule has 0 bridgehead atoms. The number of nitrogens with two attached hydrogens (primary N) is 1. The maximum Gasteiger partial charge on any atom is 0.230 e. The third kappa shape index (κ3) is 1.38. The highest BCUT2D eigenvalue weighted by atomic mass is 32.2. The fourth-order valence-electron chi connectivity index (χ4n) is 1.65. The van der Waals surface area contributed by atoms with E-state index in [2.05, 4.69) is 0 Å². The number of carbonyl (C=O) groups excluding carboxylic acids is 2. The lowest BCUT2D eigenvalue weighted by atomic mass is 10.1. The van der Waals surface area contributed by atoms with E-state index in [1.165, 1.54) is 12.1 Å². The number of primary sulfonamides is 1. The number of fused-ring (bicyclic) bond motifs is 1. The first kappa shape index (κ1) is 10.0. The molecule has 2 N–H and O–H groups in total. The molecule has 1 aliphatic rings. The Hall–Kier alpha value is -1.53. The van der Waals surface area contributed by atoms with Gasteiger partial charge in [0.25, 0.3) is 0 Å². The fraction of sp³-hybridized carbons (Fsp3) is 0.111. The molecular weight excluding hydrogens is 218 g/mol. The van der Waals surface area contributed by atoms with Gasteiger partial charge < -0.3 is 0 Å². The van der Waals surface area contributed by atoms with Crippen molar-refractivity contribution in [3.8, 4) is 0 Å². The smallest absolute Gasteiger partial charge is 0.230 e. The largest absolute Gasteiger partial charge is 0.289 e. The van der Waals surface area contributed by atoms with Crippen LogP contribution in [-0.2, 0) is 14.8 Å². The van der Waals surface area contributed by atoms with Crippen LogP contribution >= 0.6 is 0 Å². The Bertz CT molecular complexity index is 561. The summed E-state index contributed by atoms with van der Waals surface area (Å²) in [6, 6.07) is 5.96. The van der Waals surface area contributed by atoms with Crippen LogP contribution in [0.15, 0.2) is 24.3 Å². The molecule has 6 heteroatoms. The minimum Gasteiger partial charge on any atom is -0.289 e. The van der Waals surface area contributed by atoms with Gasteiger partial charge in [0.1, 0.15) is 0 Å². The quantitative estimate of drug-likeness (QED) is 0.668. The zero-order valence-electron chi connectivity index (χ0n) is 7.51. The van der Waals surface area contributed by atoms with Gasteiger partial charge in [-0.15, -0.1) is 0 Å². The Kier molecular flexibility index (Phi) is 1.99. The third-order valence-corrected chi connectivity index (χ3v) is 3.40. The Morgan fingerprint density at radius 3 is 2.33 bits per heavy atom. The first-order valence-electron chi connectivity index (χ1n) is 4.12. The fourth-order valence-corrected chi connectivity index (χ4v) is 2.62. The maximum atomic E-state index is 11.4. The Balaban J connectivity index is 2.73. The molecule has 1 aromatic carbocycles. The van der Waals surface area contributed by atoms with Crippen LogP contribution < -0.4 is 5.14 Å². The molecule has 1 unspecified atom stereocenters. The van der Waals surface area contributed by atoms with Crippen molar-refractivity contribution in [3.05, 3.63) is 35.4 Å². The van der Waals surface area contributed by atoms with Crippen molar-refractivity contribution in [1.82, 2.24) is 0 Å². The second-order valence-electron chi connectivity index (χ2n) is 3.25. The first-order chi connectivity index (χ1) is 6.93. The van der Waals surface area contributed by atoms with E-state index in [9.17, 15) is 18.0 Å². The zero-order valence-corrected chi connectivity index (χ0v) is 8.32. The van der Waals surface area contributed by atoms with Crippen LogP contribution in [0.4, 0.5) is 0 Å². The van der Waals surface area contributed by atoms with Crippen LogP contribution in [0.3, 0.4) is 0 Å². The highest BCUT2D eigenvalue weighted by Gasteiger charge is 2.44. The molecule has 1 atom stereocenters. The summed E-state index contributed by atoms with van der Waals surface area (Å²) in [7, 11) is -4.07. The lowest BCUT2D eigenvalue weighted by molar-refractivity contribution is -0.114. The minimum atomic E-state index is -4.07. The summed E-state index contributed by atoms with van der Waals surface area (Å²) in [4.78, 5) is 22.8. The van der Waals surface area contributed by atoms with Crippen LogP contribution in [0.5, 0.6) is 0 Å². The SMILES string of the molecule is NS(=O)(=O)C1C(=O)C(=O)c2ccccc21. The van der Waals surface area contributed by atoms with E-state index < -0.39 is 26.8 Å². The molecule has 78 valence electrons. The van der Waals surface area contributed by atoms with E-state index >= 15 is 0 Å².